The number of rotatable bonds is 5. The van der Waals surface area contributed by atoms with Gasteiger partial charge in [0, 0.05) is 0 Å². The van der Waals surface area contributed by atoms with E-state index in [1.807, 2.05) is 0 Å². The number of aliphatic carboxylic acids is 1. The van der Waals surface area contributed by atoms with E-state index < -0.39 is 26.5 Å². The first kappa shape index (κ1) is 15.5. The van der Waals surface area contributed by atoms with Crippen LogP contribution < -0.4 is 0 Å². The van der Waals surface area contributed by atoms with Crippen molar-refractivity contribution < 1.29 is 18.3 Å². The van der Waals surface area contributed by atoms with E-state index in [-0.39, 0.29) is 12.2 Å². The topological polar surface area (TPSA) is 71.4 Å². The fourth-order valence-electron chi connectivity index (χ4n) is 2.46. The summed E-state index contributed by atoms with van der Waals surface area (Å²) in [6.07, 6.45) is 3.24. The van der Waals surface area contributed by atoms with Gasteiger partial charge in [-0.25, -0.2) is 8.42 Å². The van der Waals surface area contributed by atoms with Crippen molar-refractivity contribution in [1.82, 2.24) is 0 Å². The van der Waals surface area contributed by atoms with Crippen LogP contribution in [-0.4, -0.2) is 30.5 Å². The smallest absolute Gasteiger partial charge is 0.309 e. The molecule has 1 rings (SSSR count). The minimum absolute atomic E-state index is 0.00858. The maximum atomic E-state index is 11.8. The van der Waals surface area contributed by atoms with Crippen LogP contribution in [0.3, 0.4) is 0 Å². The van der Waals surface area contributed by atoms with Crippen molar-refractivity contribution >= 4 is 15.8 Å². The number of carbonyl (C=O) groups is 1. The highest BCUT2D eigenvalue weighted by atomic mass is 32.2. The third-order valence-corrected chi connectivity index (χ3v) is 6.48. The predicted molar refractivity (Wildman–Crippen MR) is 71.2 cm³/mol. The van der Waals surface area contributed by atoms with E-state index in [2.05, 4.69) is 6.92 Å². The molecule has 1 saturated carbocycles. The van der Waals surface area contributed by atoms with E-state index in [1.54, 1.807) is 13.8 Å². The lowest BCUT2D eigenvalue weighted by Crippen LogP contribution is -2.37. The van der Waals surface area contributed by atoms with Gasteiger partial charge in [-0.05, 0) is 51.9 Å². The fraction of sp³-hybridized carbons (Fsp3) is 0.923. The number of sulfone groups is 1. The van der Waals surface area contributed by atoms with Gasteiger partial charge in [-0.15, -0.1) is 0 Å². The third kappa shape index (κ3) is 3.46. The highest BCUT2D eigenvalue weighted by Gasteiger charge is 2.41. The Morgan fingerprint density at radius 2 is 1.83 bits per heavy atom. The first-order valence-corrected chi connectivity index (χ1v) is 8.36. The molecule has 0 atom stereocenters. The second-order valence-electron chi connectivity index (χ2n) is 5.93. The molecule has 4 nitrogen and oxygen atoms in total. The zero-order valence-electron chi connectivity index (χ0n) is 11.5. The van der Waals surface area contributed by atoms with Crippen LogP contribution in [0.4, 0.5) is 0 Å². The normalized spacial score (nSPS) is 29.4. The van der Waals surface area contributed by atoms with Gasteiger partial charge >= 0.3 is 5.97 Å². The quantitative estimate of drug-likeness (QED) is 0.837. The molecule has 0 radical (unpaired) electrons. The number of carboxylic acid groups (broad SMARTS) is 1. The molecule has 1 aliphatic carbocycles. The van der Waals surface area contributed by atoms with Crippen LogP contribution in [0, 0.1) is 11.3 Å². The van der Waals surface area contributed by atoms with Gasteiger partial charge in [0.25, 0.3) is 0 Å². The second-order valence-corrected chi connectivity index (χ2v) is 8.61. The molecule has 5 heteroatoms. The largest absolute Gasteiger partial charge is 0.481 e. The van der Waals surface area contributed by atoms with Crippen molar-refractivity contribution in [1.29, 1.82) is 0 Å². The zero-order chi connectivity index (χ0) is 14.0. The van der Waals surface area contributed by atoms with Crippen molar-refractivity contribution in [3.63, 3.8) is 0 Å². The molecule has 1 N–H and O–H groups in total. The summed E-state index contributed by atoms with van der Waals surface area (Å²) in [6, 6.07) is 0. The van der Waals surface area contributed by atoms with Crippen LogP contribution in [0.2, 0.25) is 0 Å². The summed E-state index contributed by atoms with van der Waals surface area (Å²) in [5.74, 6) is -0.279. The van der Waals surface area contributed by atoms with Gasteiger partial charge in [0.15, 0.2) is 9.84 Å². The average molecular weight is 276 g/mol. The van der Waals surface area contributed by atoms with Crippen LogP contribution in [0.1, 0.15) is 52.9 Å². The van der Waals surface area contributed by atoms with Crippen molar-refractivity contribution in [3.8, 4) is 0 Å². The molecule has 0 aromatic heterocycles. The minimum atomic E-state index is -3.15. The van der Waals surface area contributed by atoms with Crippen molar-refractivity contribution in [2.45, 2.75) is 58.1 Å². The molecule has 1 fully saturated rings. The van der Waals surface area contributed by atoms with Crippen LogP contribution >= 0.6 is 0 Å². The summed E-state index contributed by atoms with van der Waals surface area (Å²) < 4.78 is 23.6. The maximum absolute atomic E-state index is 11.8. The van der Waals surface area contributed by atoms with Crippen molar-refractivity contribution in [2.75, 3.05) is 5.75 Å². The molecule has 1 aliphatic rings. The van der Waals surface area contributed by atoms with Gasteiger partial charge in [-0.1, -0.05) is 6.92 Å². The predicted octanol–water partition coefficient (Wildman–Crippen LogP) is 2.48. The molecule has 0 aromatic rings. The summed E-state index contributed by atoms with van der Waals surface area (Å²) in [7, 11) is -3.15. The summed E-state index contributed by atoms with van der Waals surface area (Å²) in [5.41, 5.74) is -0.811. The molecule has 18 heavy (non-hydrogen) atoms. The molecular weight excluding hydrogens is 252 g/mol. The molecule has 0 unspecified atom stereocenters. The molecule has 0 spiro atoms. The van der Waals surface area contributed by atoms with E-state index in [1.165, 1.54) is 0 Å². The molecule has 0 heterocycles. The molecular formula is C13H24O4S. The molecule has 0 aromatic carbocycles. The van der Waals surface area contributed by atoms with E-state index in [0.29, 0.717) is 18.8 Å². The van der Waals surface area contributed by atoms with Gasteiger partial charge in [0.1, 0.15) is 0 Å². The number of carboxylic acids is 1. The summed E-state index contributed by atoms with van der Waals surface area (Å²) in [5, 5.41) is 8.99. The van der Waals surface area contributed by atoms with Gasteiger partial charge in [-0.3, -0.25) is 4.79 Å². The molecule has 106 valence electrons. The highest BCUT2D eigenvalue weighted by molar-refractivity contribution is 7.91. The number of hydrogen-bond donors (Lipinski definition) is 1. The Hall–Kier alpha value is -0.580. The van der Waals surface area contributed by atoms with Crippen molar-refractivity contribution in [3.05, 3.63) is 0 Å². The van der Waals surface area contributed by atoms with E-state index in [0.717, 1.165) is 12.8 Å². The summed E-state index contributed by atoms with van der Waals surface area (Å²) >= 11 is 0. The Balaban J connectivity index is 2.74. The lowest BCUT2D eigenvalue weighted by atomic mass is 9.69. The molecule has 0 saturated heterocycles. The highest BCUT2D eigenvalue weighted by Crippen LogP contribution is 2.42. The van der Waals surface area contributed by atoms with Gasteiger partial charge < -0.3 is 5.11 Å². The fourth-order valence-corrected chi connectivity index (χ4v) is 3.61. The van der Waals surface area contributed by atoms with Gasteiger partial charge in [0.05, 0.1) is 16.4 Å². The molecule has 0 amide bonds. The Labute approximate surface area is 110 Å². The summed E-state index contributed by atoms with van der Waals surface area (Å²) in [6.45, 7) is 5.41. The van der Waals surface area contributed by atoms with Crippen LogP contribution in [0.15, 0.2) is 0 Å². The monoisotopic (exact) mass is 276 g/mol. The van der Waals surface area contributed by atoms with E-state index in [9.17, 15) is 18.3 Å². The molecule has 0 bridgehead atoms. The second kappa shape index (κ2) is 5.59. The van der Waals surface area contributed by atoms with Crippen LogP contribution in [0.25, 0.3) is 0 Å². The Bertz CT molecular complexity index is 389. The van der Waals surface area contributed by atoms with Crippen LogP contribution in [-0.2, 0) is 14.6 Å². The van der Waals surface area contributed by atoms with E-state index in [4.69, 9.17) is 0 Å². The van der Waals surface area contributed by atoms with Crippen molar-refractivity contribution in [2.24, 2.45) is 11.3 Å². The first-order chi connectivity index (χ1) is 8.19. The zero-order valence-corrected chi connectivity index (χ0v) is 12.3. The Morgan fingerprint density at radius 1 is 1.33 bits per heavy atom. The number of hydrogen-bond acceptors (Lipinski definition) is 3. The molecule has 0 aliphatic heterocycles. The summed E-state index contributed by atoms with van der Waals surface area (Å²) in [4.78, 5) is 11.5. The van der Waals surface area contributed by atoms with Crippen LogP contribution in [0.5, 0.6) is 0 Å². The van der Waals surface area contributed by atoms with Gasteiger partial charge in [-0.2, -0.15) is 0 Å². The van der Waals surface area contributed by atoms with E-state index >= 15 is 0 Å². The SMILES string of the molecule is CC1CCC(CCS(=O)(=O)C(C)C)(C(=O)O)CC1. The maximum Gasteiger partial charge on any atom is 0.309 e. The standard InChI is InChI=1S/C13H24O4S/c1-10(2)18(16,17)9-8-13(12(14)15)6-4-11(3)5-7-13/h10-11H,4-9H2,1-3H3,(H,14,15). The average Bonchev–Trinajstić information content (AvgIpc) is 2.28. The first-order valence-electron chi connectivity index (χ1n) is 6.64. The Kier molecular flexibility index (Phi) is 4.81. The Morgan fingerprint density at radius 3 is 2.22 bits per heavy atom. The minimum Gasteiger partial charge on any atom is -0.481 e. The third-order valence-electron chi connectivity index (χ3n) is 4.27. The lowest BCUT2D eigenvalue weighted by Gasteiger charge is -2.35. The lowest BCUT2D eigenvalue weighted by molar-refractivity contribution is -0.151. The van der Waals surface area contributed by atoms with Gasteiger partial charge in [0.2, 0.25) is 0 Å².